The Morgan fingerprint density at radius 2 is 1.86 bits per heavy atom. The third-order valence-electron chi connectivity index (χ3n) is 3.92. The molecule has 2 aliphatic heterocycles. The highest BCUT2D eigenvalue weighted by molar-refractivity contribution is 6.07. The van der Waals surface area contributed by atoms with Crippen molar-refractivity contribution in [3.05, 3.63) is 35.5 Å². The molecule has 0 spiro atoms. The van der Waals surface area contributed by atoms with Crippen LogP contribution in [0.15, 0.2) is 35.0 Å². The molecule has 116 valence electrons. The van der Waals surface area contributed by atoms with Crippen molar-refractivity contribution in [2.24, 2.45) is 10.9 Å². The van der Waals surface area contributed by atoms with E-state index in [-0.39, 0.29) is 11.9 Å². The third-order valence-corrected chi connectivity index (χ3v) is 3.92. The van der Waals surface area contributed by atoms with Gasteiger partial charge in [-0.2, -0.15) is 0 Å². The molecule has 5 heteroatoms. The molecule has 1 aromatic rings. The van der Waals surface area contributed by atoms with E-state index in [1.54, 1.807) is 6.08 Å². The molecule has 3 rings (SSSR count). The summed E-state index contributed by atoms with van der Waals surface area (Å²) in [6, 6.07) is 7.96. The first-order valence-corrected chi connectivity index (χ1v) is 7.51. The van der Waals surface area contributed by atoms with E-state index in [1.807, 2.05) is 43.3 Å². The SMILES string of the molecule is CN(C)c1ccc(/C=C2/N=C(C3CCOCC3)OC2=O)cc1. The van der Waals surface area contributed by atoms with Crippen LogP contribution < -0.4 is 4.90 Å². The van der Waals surface area contributed by atoms with Gasteiger partial charge in [-0.15, -0.1) is 0 Å². The molecule has 0 radical (unpaired) electrons. The number of hydrogen-bond donors (Lipinski definition) is 0. The summed E-state index contributed by atoms with van der Waals surface area (Å²) < 4.78 is 10.7. The molecule has 0 amide bonds. The fourth-order valence-electron chi connectivity index (χ4n) is 2.57. The predicted octanol–water partition coefficient (Wildman–Crippen LogP) is 2.48. The molecule has 0 bridgehead atoms. The van der Waals surface area contributed by atoms with E-state index in [0.29, 0.717) is 24.8 Å². The molecule has 5 nitrogen and oxygen atoms in total. The minimum absolute atomic E-state index is 0.194. The lowest BCUT2D eigenvalue weighted by Gasteiger charge is -2.20. The van der Waals surface area contributed by atoms with Crippen LogP contribution in [0.3, 0.4) is 0 Å². The Morgan fingerprint density at radius 1 is 1.18 bits per heavy atom. The predicted molar refractivity (Wildman–Crippen MR) is 85.8 cm³/mol. The van der Waals surface area contributed by atoms with Crippen LogP contribution in [0.5, 0.6) is 0 Å². The minimum atomic E-state index is -0.363. The average molecular weight is 300 g/mol. The highest BCUT2D eigenvalue weighted by atomic mass is 16.6. The van der Waals surface area contributed by atoms with Gasteiger partial charge in [-0.25, -0.2) is 9.79 Å². The van der Waals surface area contributed by atoms with Crippen LogP contribution in [0.4, 0.5) is 5.69 Å². The lowest BCUT2D eigenvalue weighted by molar-refractivity contribution is -0.130. The second kappa shape index (κ2) is 6.32. The first-order chi connectivity index (χ1) is 10.6. The zero-order chi connectivity index (χ0) is 15.5. The van der Waals surface area contributed by atoms with Gasteiger partial charge in [-0.3, -0.25) is 0 Å². The Kier molecular flexibility index (Phi) is 4.24. The summed E-state index contributed by atoms with van der Waals surface area (Å²) in [5.74, 6) is 0.377. The number of ether oxygens (including phenoxy) is 2. The normalized spacial score (nSPS) is 20.9. The monoisotopic (exact) mass is 300 g/mol. The lowest BCUT2D eigenvalue weighted by Crippen LogP contribution is -2.24. The van der Waals surface area contributed by atoms with E-state index in [4.69, 9.17) is 9.47 Å². The van der Waals surface area contributed by atoms with E-state index in [1.165, 1.54) is 0 Å². The largest absolute Gasteiger partial charge is 0.406 e. The number of cyclic esters (lactones) is 1. The van der Waals surface area contributed by atoms with Crippen LogP contribution in [0.25, 0.3) is 6.08 Å². The maximum atomic E-state index is 12.0. The molecule has 2 aliphatic rings. The molecule has 1 aromatic carbocycles. The summed E-state index contributed by atoms with van der Waals surface area (Å²) in [5, 5.41) is 0. The fourth-order valence-corrected chi connectivity index (χ4v) is 2.57. The number of carbonyl (C=O) groups is 1. The Morgan fingerprint density at radius 3 is 2.50 bits per heavy atom. The van der Waals surface area contributed by atoms with Gasteiger partial charge in [0.2, 0.25) is 5.90 Å². The summed E-state index contributed by atoms with van der Waals surface area (Å²) in [6.07, 6.45) is 3.49. The van der Waals surface area contributed by atoms with Gasteiger partial charge in [-0.05, 0) is 36.6 Å². The van der Waals surface area contributed by atoms with Crippen molar-refractivity contribution in [1.82, 2.24) is 0 Å². The molecular formula is C17H20N2O3. The highest BCUT2D eigenvalue weighted by Gasteiger charge is 2.30. The van der Waals surface area contributed by atoms with Gasteiger partial charge in [0.25, 0.3) is 0 Å². The van der Waals surface area contributed by atoms with Crippen LogP contribution in [0, 0.1) is 5.92 Å². The van der Waals surface area contributed by atoms with Crippen molar-refractivity contribution in [2.75, 3.05) is 32.2 Å². The van der Waals surface area contributed by atoms with Crippen molar-refractivity contribution >= 4 is 23.6 Å². The van der Waals surface area contributed by atoms with Crippen molar-refractivity contribution in [3.63, 3.8) is 0 Å². The molecule has 22 heavy (non-hydrogen) atoms. The van der Waals surface area contributed by atoms with Crippen LogP contribution in [0.1, 0.15) is 18.4 Å². The Hall–Kier alpha value is -2.14. The van der Waals surface area contributed by atoms with Crippen LogP contribution in [-0.4, -0.2) is 39.2 Å². The Bertz CT molecular complexity index is 611. The molecular weight excluding hydrogens is 280 g/mol. The van der Waals surface area contributed by atoms with E-state index in [0.717, 1.165) is 24.1 Å². The van der Waals surface area contributed by atoms with E-state index >= 15 is 0 Å². The van der Waals surface area contributed by atoms with Crippen LogP contribution >= 0.6 is 0 Å². The second-order valence-electron chi connectivity index (χ2n) is 5.74. The molecule has 1 saturated heterocycles. The van der Waals surface area contributed by atoms with Crippen molar-refractivity contribution < 1.29 is 14.3 Å². The summed E-state index contributed by atoms with van der Waals surface area (Å²) in [5.41, 5.74) is 2.43. The van der Waals surface area contributed by atoms with Gasteiger partial charge >= 0.3 is 5.97 Å². The zero-order valence-corrected chi connectivity index (χ0v) is 12.9. The fraction of sp³-hybridized carbons (Fsp3) is 0.412. The number of esters is 1. The molecule has 0 N–H and O–H groups in total. The first kappa shape index (κ1) is 14.8. The standard InChI is InChI=1S/C17H20N2O3/c1-19(2)14-5-3-12(4-6-14)11-15-17(20)22-16(18-15)13-7-9-21-10-8-13/h3-6,11,13H,7-10H2,1-2H3/b15-11+. The number of anilines is 1. The average Bonchev–Trinajstić information content (AvgIpc) is 2.90. The highest BCUT2D eigenvalue weighted by Crippen LogP contribution is 2.25. The molecule has 2 heterocycles. The van der Waals surface area contributed by atoms with Crippen LogP contribution in [0.2, 0.25) is 0 Å². The van der Waals surface area contributed by atoms with Crippen molar-refractivity contribution in [2.45, 2.75) is 12.8 Å². The smallest absolute Gasteiger partial charge is 0.363 e. The van der Waals surface area contributed by atoms with Gasteiger partial charge in [-0.1, -0.05) is 12.1 Å². The van der Waals surface area contributed by atoms with Gasteiger partial charge in [0.15, 0.2) is 5.70 Å². The summed E-state index contributed by atoms with van der Waals surface area (Å²) >= 11 is 0. The quantitative estimate of drug-likeness (QED) is 0.635. The summed E-state index contributed by atoms with van der Waals surface area (Å²) in [6.45, 7) is 1.40. The Labute approximate surface area is 130 Å². The number of hydrogen-bond acceptors (Lipinski definition) is 5. The number of aliphatic imine (C=N–C) groups is 1. The number of rotatable bonds is 3. The lowest BCUT2D eigenvalue weighted by atomic mass is 10.0. The van der Waals surface area contributed by atoms with E-state index in [2.05, 4.69) is 4.99 Å². The number of carbonyl (C=O) groups excluding carboxylic acids is 1. The topological polar surface area (TPSA) is 51.1 Å². The van der Waals surface area contributed by atoms with Crippen molar-refractivity contribution in [3.8, 4) is 0 Å². The van der Waals surface area contributed by atoms with E-state index < -0.39 is 0 Å². The molecule has 0 aromatic heterocycles. The van der Waals surface area contributed by atoms with Gasteiger partial charge in [0.05, 0.1) is 0 Å². The number of benzene rings is 1. The zero-order valence-electron chi connectivity index (χ0n) is 12.9. The van der Waals surface area contributed by atoms with Crippen molar-refractivity contribution in [1.29, 1.82) is 0 Å². The van der Waals surface area contributed by atoms with Gasteiger partial charge in [0.1, 0.15) is 0 Å². The van der Waals surface area contributed by atoms with Gasteiger partial charge < -0.3 is 14.4 Å². The summed E-state index contributed by atoms with van der Waals surface area (Å²) in [4.78, 5) is 18.4. The molecule has 1 fully saturated rings. The Balaban J connectivity index is 1.77. The molecule has 0 unspecified atom stereocenters. The maximum absolute atomic E-state index is 12.0. The number of nitrogens with zero attached hydrogens (tertiary/aromatic N) is 2. The third kappa shape index (κ3) is 3.20. The van der Waals surface area contributed by atoms with Crippen LogP contribution in [-0.2, 0) is 14.3 Å². The molecule has 0 saturated carbocycles. The molecule has 0 aliphatic carbocycles. The van der Waals surface area contributed by atoms with Gasteiger partial charge in [0, 0.05) is 38.9 Å². The minimum Gasteiger partial charge on any atom is -0.406 e. The second-order valence-corrected chi connectivity index (χ2v) is 5.74. The first-order valence-electron chi connectivity index (χ1n) is 7.51. The molecule has 0 atom stereocenters. The summed E-state index contributed by atoms with van der Waals surface area (Å²) in [7, 11) is 3.98. The maximum Gasteiger partial charge on any atom is 0.363 e. The van der Waals surface area contributed by atoms with E-state index in [9.17, 15) is 4.79 Å².